The van der Waals surface area contributed by atoms with E-state index in [9.17, 15) is 29.1 Å². The van der Waals surface area contributed by atoms with Crippen LogP contribution in [-0.2, 0) is 30.4 Å². The van der Waals surface area contributed by atoms with Gasteiger partial charge in [0, 0.05) is 25.2 Å². The van der Waals surface area contributed by atoms with Crippen molar-refractivity contribution >= 4 is 51.2 Å². The molecule has 0 radical (unpaired) electrons. The maximum absolute atomic E-state index is 12.1. The molecule has 0 heterocycles. The van der Waals surface area contributed by atoms with Crippen LogP contribution in [-0.4, -0.2) is 70.9 Å². The van der Waals surface area contributed by atoms with Gasteiger partial charge in [-0.15, -0.1) is 0 Å². The van der Waals surface area contributed by atoms with Gasteiger partial charge >= 0.3 is 11.9 Å². The standard InChI is InChI=1S/C18H23BrN4O7/c19-9-15(26)20-8-6-14(25)23-13(10-24)16(27)21-7-5-11-1-3-12(4-2-11)22-17(28)18(29)30/h1-4,13,24H,5-10H2,(H,20,26)(H,21,27)(H,22,28)(H,23,25)(H,29,30)/t13-/m1/s1. The molecule has 1 rings (SSSR count). The second-order valence-electron chi connectivity index (χ2n) is 6.03. The van der Waals surface area contributed by atoms with E-state index in [4.69, 9.17) is 5.11 Å². The van der Waals surface area contributed by atoms with Gasteiger partial charge in [-0.1, -0.05) is 28.1 Å². The van der Waals surface area contributed by atoms with Gasteiger partial charge < -0.3 is 31.5 Å². The molecule has 0 saturated carbocycles. The molecule has 0 spiro atoms. The summed E-state index contributed by atoms with van der Waals surface area (Å²) in [5, 5.41) is 27.7. The Kier molecular flexibility index (Phi) is 11.1. The molecule has 1 atom stereocenters. The summed E-state index contributed by atoms with van der Waals surface area (Å²) in [6, 6.07) is 5.27. The van der Waals surface area contributed by atoms with Crippen LogP contribution in [0.3, 0.4) is 0 Å². The number of carbonyl (C=O) groups excluding carboxylic acids is 4. The van der Waals surface area contributed by atoms with Crippen molar-refractivity contribution in [2.75, 3.05) is 30.3 Å². The number of alkyl halides is 1. The molecule has 11 nitrogen and oxygen atoms in total. The SMILES string of the molecule is O=C(CBr)NCCC(=O)N[C@H](CO)C(=O)NCCc1ccc(NC(=O)C(=O)O)cc1. The lowest BCUT2D eigenvalue weighted by atomic mass is 10.1. The van der Waals surface area contributed by atoms with Gasteiger partial charge in [0.05, 0.1) is 11.9 Å². The first-order chi connectivity index (χ1) is 14.3. The Morgan fingerprint density at radius 3 is 2.20 bits per heavy atom. The van der Waals surface area contributed by atoms with E-state index in [1.807, 2.05) is 0 Å². The van der Waals surface area contributed by atoms with Crippen LogP contribution in [0.2, 0.25) is 0 Å². The maximum atomic E-state index is 12.1. The zero-order valence-corrected chi connectivity index (χ0v) is 17.5. The minimum atomic E-state index is -1.59. The van der Waals surface area contributed by atoms with E-state index < -0.39 is 36.3 Å². The molecule has 1 aromatic rings. The van der Waals surface area contributed by atoms with Crippen molar-refractivity contribution in [3.05, 3.63) is 29.8 Å². The minimum Gasteiger partial charge on any atom is -0.474 e. The topological polar surface area (TPSA) is 174 Å². The average Bonchev–Trinajstić information content (AvgIpc) is 2.72. The van der Waals surface area contributed by atoms with E-state index in [1.165, 1.54) is 12.1 Å². The normalized spacial score (nSPS) is 11.1. The van der Waals surface area contributed by atoms with Gasteiger partial charge in [0.15, 0.2) is 0 Å². The predicted octanol–water partition coefficient (Wildman–Crippen LogP) is -1.25. The van der Waals surface area contributed by atoms with Gasteiger partial charge in [0.25, 0.3) is 0 Å². The van der Waals surface area contributed by atoms with E-state index in [2.05, 4.69) is 37.2 Å². The molecule has 0 bridgehead atoms. The fourth-order valence-corrected chi connectivity index (χ4v) is 2.41. The van der Waals surface area contributed by atoms with Crippen molar-refractivity contribution in [1.82, 2.24) is 16.0 Å². The second-order valence-corrected chi connectivity index (χ2v) is 6.59. The quantitative estimate of drug-likeness (QED) is 0.167. The molecule has 0 fully saturated rings. The van der Waals surface area contributed by atoms with Crippen LogP contribution >= 0.6 is 15.9 Å². The Labute approximate surface area is 180 Å². The molecule has 0 saturated heterocycles. The molecule has 0 aliphatic heterocycles. The van der Waals surface area contributed by atoms with E-state index in [-0.39, 0.29) is 30.7 Å². The summed E-state index contributed by atoms with van der Waals surface area (Å²) in [6.45, 7) is -0.240. The van der Waals surface area contributed by atoms with E-state index >= 15 is 0 Å². The summed E-state index contributed by atoms with van der Waals surface area (Å²) < 4.78 is 0. The van der Waals surface area contributed by atoms with Crippen molar-refractivity contribution in [1.29, 1.82) is 0 Å². The van der Waals surface area contributed by atoms with Crippen LogP contribution in [0.1, 0.15) is 12.0 Å². The summed E-state index contributed by atoms with van der Waals surface area (Å²) in [4.78, 5) is 56.6. The first-order valence-electron chi connectivity index (χ1n) is 8.90. The number of benzene rings is 1. The molecule has 12 heteroatoms. The molecule has 0 aliphatic carbocycles. The second kappa shape index (κ2) is 13.3. The third-order valence-corrected chi connectivity index (χ3v) is 4.26. The number of rotatable bonds is 11. The van der Waals surface area contributed by atoms with Gasteiger partial charge in [0.1, 0.15) is 6.04 Å². The molecule has 30 heavy (non-hydrogen) atoms. The van der Waals surface area contributed by atoms with E-state index in [0.717, 1.165) is 5.56 Å². The van der Waals surface area contributed by atoms with Crippen LogP contribution in [0.4, 0.5) is 5.69 Å². The van der Waals surface area contributed by atoms with Gasteiger partial charge in [-0.25, -0.2) is 4.79 Å². The fourth-order valence-electron chi connectivity index (χ4n) is 2.22. The Bertz CT molecular complexity index is 770. The van der Waals surface area contributed by atoms with Gasteiger partial charge in [-0.05, 0) is 24.1 Å². The Hall–Kier alpha value is -2.99. The Morgan fingerprint density at radius 1 is 0.967 bits per heavy atom. The highest BCUT2D eigenvalue weighted by molar-refractivity contribution is 9.09. The van der Waals surface area contributed by atoms with Crippen molar-refractivity contribution in [2.24, 2.45) is 0 Å². The first kappa shape index (κ1) is 25.0. The van der Waals surface area contributed by atoms with Crippen molar-refractivity contribution < 1.29 is 34.2 Å². The minimum absolute atomic E-state index is 0.0344. The van der Waals surface area contributed by atoms with Crippen molar-refractivity contribution in [2.45, 2.75) is 18.9 Å². The van der Waals surface area contributed by atoms with Crippen LogP contribution in [0.15, 0.2) is 24.3 Å². The predicted molar refractivity (Wildman–Crippen MR) is 110 cm³/mol. The lowest BCUT2D eigenvalue weighted by molar-refractivity contribution is -0.147. The number of amides is 4. The number of aliphatic hydroxyl groups excluding tert-OH is 1. The molecular formula is C18H23BrN4O7. The van der Waals surface area contributed by atoms with Crippen molar-refractivity contribution in [3.8, 4) is 0 Å². The number of aliphatic carboxylic acids is 1. The largest absolute Gasteiger partial charge is 0.474 e. The molecule has 164 valence electrons. The molecule has 0 aliphatic rings. The fraction of sp³-hybridized carbons (Fsp3) is 0.389. The molecule has 0 unspecified atom stereocenters. The highest BCUT2D eigenvalue weighted by Gasteiger charge is 2.19. The zero-order valence-electron chi connectivity index (χ0n) is 15.9. The summed E-state index contributed by atoms with van der Waals surface area (Å²) >= 11 is 2.97. The van der Waals surface area contributed by atoms with Crippen LogP contribution < -0.4 is 21.3 Å². The Morgan fingerprint density at radius 2 is 1.63 bits per heavy atom. The number of nitrogens with one attached hydrogen (secondary N) is 4. The monoisotopic (exact) mass is 486 g/mol. The number of aliphatic hydroxyl groups is 1. The third-order valence-electron chi connectivity index (χ3n) is 3.75. The molecular weight excluding hydrogens is 464 g/mol. The number of carboxylic acids is 1. The number of carbonyl (C=O) groups is 5. The van der Waals surface area contributed by atoms with Crippen molar-refractivity contribution in [3.63, 3.8) is 0 Å². The summed E-state index contributed by atoms with van der Waals surface area (Å²) in [7, 11) is 0. The summed E-state index contributed by atoms with van der Waals surface area (Å²) in [5.74, 6) is -4.04. The third kappa shape index (κ3) is 9.47. The number of carboxylic acid groups (broad SMARTS) is 1. The number of hydrogen-bond acceptors (Lipinski definition) is 6. The summed E-state index contributed by atoms with van der Waals surface area (Å²) in [5.41, 5.74) is 1.14. The molecule has 0 aromatic heterocycles. The average molecular weight is 487 g/mol. The number of anilines is 1. The highest BCUT2D eigenvalue weighted by Crippen LogP contribution is 2.09. The Balaban J connectivity index is 2.39. The van der Waals surface area contributed by atoms with Crippen LogP contribution in [0.25, 0.3) is 0 Å². The van der Waals surface area contributed by atoms with Crippen LogP contribution in [0.5, 0.6) is 0 Å². The zero-order chi connectivity index (χ0) is 22.5. The number of halogens is 1. The van der Waals surface area contributed by atoms with E-state index in [0.29, 0.717) is 12.1 Å². The lowest BCUT2D eigenvalue weighted by Crippen LogP contribution is -2.49. The lowest BCUT2D eigenvalue weighted by Gasteiger charge is -2.16. The van der Waals surface area contributed by atoms with Crippen LogP contribution in [0, 0.1) is 0 Å². The summed E-state index contributed by atoms with van der Waals surface area (Å²) in [6.07, 6.45) is 0.400. The van der Waals surface area contributed by atoms with Gasteiger partial charge in [-0.2, -0.15) is 0 Å². The van der Waals surface area contributed by atoms with E-state index in [1.54, 1.807) is 12.1 Å². The maximum Gasteiger partial charge on any atom is 0.394 e. The number of hydrogen-bond donors (Lipinski definition) is 6. The molecule has 4 amide bonds. The highest BCUT2D eigenvalue weighted by atomic mass is 79.9. The van der Waals surface area contributed by atoms with Gasteiger partial charge in [-0.3, -0.25) is 19.2 Å². The smallest absolute Gasteiger partial charge is 0.394 e. The first-order valence-corrected chi connectivity index (χ1v) is 10.0. The molecule has 6 N–H and O–H groups in total. The molecule has 1 aromatic carbocycles. The van der Waals surface area contributed by atoms with Gasteiger partial charge in [0.2, 0.25) is 17.7 Å².